The molecule has 0 aromatic heterocycles. The zero-order valence-corrected chi connectivity index (χ0v) is 13.0. The SMILES string of the molecule is CCOC(=O)C(CC(Br)CCC1CO1)C(=O)OCC. The molecule has 2 unspecified atom stereocenters. The maximum absolute atomic E-state index is 11.8. The number of carbonyl (C=O) groups excluding carboxylic acids is 2. The van der Waals surface area contributed by atoms with Crippen LogP contribution in [0.5, 0.6) is 0 Å². The van der Waals surface area contributed by atoms with E-state index in [4.69, 9.17) is 14.2 Å². The molecule has 1 aliphatic rings. The van der Waals surface area contributed by atoms with Crippen LogP contribution in [-0.2, 0) is 23.8 Å². The van der Waals surface area contributed by atoms with Crippen molar-refractivity contribution < 1.29 is 23.8 Å². The van der Waals surface area contributed by atoms with E-state index >= 15 is 0 Å². The van der Waals surface area contributed by atoms with Crippen molar-refractivity contribution in [2.75, 3.05) is 19.8 Å². The molecule has 110 valence electrons. The second-order valence-electron chi connectivity index (χ2n) is 4.42. The molecule has 6 heteroatoms. The summed E-state index contributed by atoms with van der Waals surface area (Å²) in [5.74, 6) is -1.86. The highest BCUT2D eigenvalue weighted by Crippen LogP contribution is 2.24. The molecule has 2 atom stereocenters. The highest BCUT2D eigenvalue weighted by atomic mass is 79.9. The summed E-state index contributed by atoms with van der Waals surface area (Å²) in [5.41, 5.74) is 0. The van der Waals surface area contributed by atoms with E-state index in [0.717, 1.165) is 19.4 Å². The minimum atomic E-state index is -0.843. The largest absolute Gasteiger partial charge is 0.465 e. The van der Waals surface area contributed by atoms with Gasteiger partial charge in [-0.2, -0.15) is 0 Å². The first kappa shape index (κ1) is 16.4. The molecule has 0 aliphatic carbocycles. The van der Waals surface area contributed by atoms with Gasteiger partial charge in [0.15, 0.2) is 5.92 Å². The highest BCUT2D eigenvalue weighted by Gasteiger charge is 2.32. The minimum absolute atomic E-state index is 0.0792. The zero-order valence-electron chi connectivity index (χ0n) is 11.4. The lowest BCUT2D eigenvalue weighted by Gasteiger charge is -2.17. The van der Waals surface area contributed by atoms with Crippen LogP contribution in [0, 0.1) is 5.92 Å². The van der Waals surface area contributed by atoms with E-state index in [0.29, 0.717) is 12.5 Å². The van der Waals surface area contributed by atoms with Crippen LogP contribution in [0.3, 0.4) is 0 Å². The number of halogens is 1. The van der Waals surface area contributed by atoms with Crippen molar-refractivity contribution in [3.8, 4) is 0 Å². The van der Waals surface area contributed by atoms with Crippen molar-refractivity contribution >= 4 is 27.9 Å². The smallest absolute Gasteiger partial charge is 0.320 e. The van der Waals surface area contributed by atoms with Gasteiger partial charge in [-0.25, -0.2) is 0 Å². The Bertz CT molecular complexity index is 285. The van der Waals surface area contributed by atoms with Gasteiger partial charge in [0, 0.05) is 4.83 Å². The second kappa shape index (κ2) is 8.53. The van der Waals surface area contributed by atoms with Gasteiger partial charge < -0.3 is 14.2 Å². The third-order valence-electron chi connectivity index (χ3n) is 2.84. The molecule has 0 spiro atoms. The Balaban J connectivity index is 2.45. The Kier molecular flexibility index (Phi) is 7.38. The van der Waals surface area contributed by atoms with Crippen molar-refractivity contribution in [3.05, 3.63) is 0 Å². The third kappa shape index (κ3) is 6.38. The lowest BCUT2D eigenvalue weighted by atomic mass is 10.0. The average molecular weight is 337 g/mol. The number of epoxide rings is 1. The summed E-state index contributed by atoms with van der Waals surface area (Å²) in [4.78, 5) is 23.6. The number of hydrogen-bond acceptors (Lipinski definition) is 5. The molecule has 0 bridgehead atoms. The van der Waals surface area contributed by atoms with Gasteiger partial charge in [0.1, 0.15) is 0 Å². The van der Waals surface area contributed by atoms with E-state index < -0.39 is 17.9 Å². The van der Waals surface area contributed by atoms with Crippen molar-refractivity contribution in [2.24, 2.45) is 5.92 Å². The van der Waals surface area contributed by atoms with Crippen LogP contribution in [0.15, 0.2) is 0 Å². The molecule has 1 rings (SSSR count). The van der Waals surface area contributed by atoms with Crippen LogP contribution in [0.1, 0.15) is 33.1 Å². The summed E-state index contributed by atoms with van der Waals surface area (Å²) in [6.07, 6.45) is 2.54. The van der Waals surface area contributed by atoms with Crippen LogP contribution in [0.25, 0.3) is 0 Å². The van der Waals surface area contributed by atoms with E-state index in [1.54, 1.807) is 13.8 Å². The van der Waals surface area contributed by atoms with Gasteiger partial charge in [-0.1, -0.05) is 15.9 Å². The summed E-state index contributed by atoms with van der Waals surface area (Å²) in [6, 6.07) is 0. The lowest BCUT2D eigenvalue weighted by Crippen LogP contribution is -2.30. The van der Waals surface area contributed by atoms with Crippen LogP contribution in [0.2, 0.25) is 0 Å². The molecule has 0 radical (unpaired) electrons. The van der Waals surface area contributed by atoms with Crippen LogP contribution < -0.4 is 0 Å². The average Bonchev–Trinajstić information content (AvgIpc) is 3.18. The van der Waals surface area contributed by atoms with Crippen LogP contribution >= 0.6 is 15.9 Å². The molecular formula is C13H21BrO5. The monoisotopic (exact) mass is 336 g/mol. The molecule has 1 aliphatic heterocycles. The van der Waals surface area contributed by atoms with Crippen LogP contribution in [-0.4, -0.2) is 42.7 Å². The summed E-state index contributed by atoms with van der Waals surface area (Å²) >= 11 is 3.50. The van der Waals surface area contributed by atoms with E-state index in [1.807, 2.05) is 0 Å². The number of esters is 2. The topological polar surface area (TPSA) is 65.1 Å². The normalized spacial score (nSPS) is 19.1. The summed E-state index contributed by atoms with van der Waals surface area (Å²) < 4.78 is 15.0. The molecule has 0 aromatic carbocycles. The second-order valence-corrected chi connectivity index (χ2v) is 5.72. The van der Waals surface area contributed by atoms with Gasteiger partial charge in [-0.15, -0.1) is 0 Å². The minimum Gasteiger partial charge on any atom is -0.465 e. The summed E-state index contributed by atoms with van der Waals surface area (Å²) in [5, 5.41) is 0. The van der Waals surface area contributed by atoms with E-state index in [9.17, 15) is 9.59 Å². The predicted molar refractivity (Wildman–Crippen MR) is 73.1 cm³/mol. The summed E-state index contributed by atoms with van der Waals surface area (Å²) in [7, 11) is 0. The van der Waals surface area contributed by atoms with Crippen molar-refractivity contribution in [1.29, 1.82) is 0 Å². The fraction of sp³-hybridized carbons (Fsp3) is 0.846. The first-order valence-electron chi connectivity index (χ1n) is 6.67. The molecule has 5 nitrogen and oxygen atoms in total. The number of ether oxygens (including phenoxy) is 3. The molecule has 0 N–H and O–H groups in total. The van der Waals surface area contributed by atoms with Gasteiger partial charge in [0.25, 0.3) is 0 Å². The molecule has 1 heterocycles. The first-order valence-corrected chi connectivity index (χ1v) is 7.58. The molecule has 1 saturated heterocycles. The first-order chi connectivity index (χ1) is 9.08. The van der Waals surface area contributed by atoms with Gasteiger partial charge in [0.2, 0.25) is 0 Å². The van der Waals surface area contributed by atoms with Crippen LogP contribution in [0.4, 0.5) is 0 Å². The van der Waals surface area contributed by atoms with Gasteiger partial charge in [-0.3, -0.25) is 9.59 Å². The molecule has 1 fully saturated rings. The van der Waals surface area contributed by atoms with E-state index in [2.05, 4.69) is 15.9 Å². The third-order valence-corrected chi connectivity index (χ3v) is 3.67. The maximum Gasteiger partial charge on any atom is 0.320 e. The summed E-state index contributed by atoms with van der Waals surface area (Å²) in [6.45, 7) is 4.78. The number of carbonyl (C=O) groups is 2. The number of hydrogen-bond donors (Lipinski definition) is 0. The fourth-order valence-electron chi connectivity index (χ4n) is 1.75. The number of rotatable bonds is 9. The maximum atomic E-state index is 11.8. The standard InChI is InChI=1S/C13H21BrO5/c1-3-17-12(15)11(13(16)18-4-2)7-9(14)5-6-10-8-19-10/h9-11H,3-8H2,1-2H3. The quantitative estimate of drug-likeness (QED) is 0.279. The molecule has 0 aromatic rings. The van der Waals surface area contributed by atoms with Crippen molar-refractivity contribution in [1.82, 2.24) is 0 Å². The van der Waals surface area contributed by atoms with E-state index in [-0.39, 0.29) is 18.0 Å². The Hall–Kier alpha value is -0.620. The molecule has 0 amide bonds. The Morgan fingerprint density at radius 1 is 1.26 bits per heavy atom. The zero-order chi connectivity index (χ0) is 14.3. The highest BCUT2D eigenvalue weighted by molar-refractivity contribution is 9.09. The fourth-order valence-corrected chi connectivity index (χ4v) is 2.39. The van der Waals surface area contributed by atoms with Gasteiger partial charge in [-0.05, 0) is 33.1 Å². The molecule has 19 heavy (non-hydrogen) atoms. The van der Waals surface area contributed by atoms with E-state index in [1.165, 1.54) is 0 Å². The van der Waals surface area contributed by atoms with Gasteiger partial charge in [0.05, 0.1) is 25.9 Å². The Labute approximate surface area is 122 Å². The van der Waals surface area contributed by atoms with Gasteiger partial charge >= 0.3 is 11.9 Å². The lowest BCUT2D eigenvalue weighted by molar-refractivity contribution is -0.161. The Morgan fingerprint density at radius 2 is 1.79 bits per heavy atom. The molecular weight excluding hydrogens is 316 g/mol. The Morgan fingerprint density at radius 3 is 2.21 bits per heavy atom. The van der Waals surface area contributed by atoms with Crippen molar-refractivity contribution in [2.45, 2.75) is 44.0 Å². The number of alkyl halides is 1. The van der Waals surface area contributed by atoms with Crippen molar-refractivity contribution in [3.63, 3.8) is 0 Å². The molecule has 0 saturated carbocycles. The predicted octanol–water partition coefficient (Wildman–Crippen LogP) is 2.06.